The van der Waals surface area contributed by atoms with Gasteiger partial charge >= 0.3 is 0 Å². The molecule has 1 saturated carbocycles. The first kappa shape index (κ1) is 13.8. The monoisotopic (exact) mass is 267 g/mol. The van der Waals surface area contributed by atoms with Crippen LogP contribution in [0.4, 0.5) is 0 Å². The smallest absolute Gasteiger partial charge is 0.0538 e. The van der Waals surface area contributed by atoms with Crippen LogP contribution in [0.15, 0.2) is 0 Å². The van der Waals surface area contributed by atoms with Gasteiger partial charge in [-0.3, -0.25) is 0 Å². The lowest BCUT2D eigenvalue weighted by Gasteiger charge is -2.51. The maximum atomic E-state index is 5.85. The number of hydrogen-bond acceptors (Lipinski definition) is 3. The SMILES string of the molecule is CC(C)OCC1(CN2CC3(CCCOCC3)C2)CC1. The Labute approximate surface area is 117 Å². The highest BCUT2D eigenvalue weighted by Gasteiger charge is 2.50. The maximum absolute atomic E-state index is 5.85. The van der Waals surface area contributed by atoms with Gasteiger partial charge in [-0.1, -0.05) is 0 Å². The summed E-state index contributed by atoms with van der Waals surface area (Å²) in [5, 5.41) is 0. The van der Waals surface area contributed by atoms with Crippen molar-refractivity contribution in [2.75, 3.05) is 39.5 Å². The first-order valence-electron chi connectivity index (χ1n) is 8.03. The van der Waals surface area contributed by atoms with Crippen LogP contribution in [-0.4, -0.2) is 50.5 Å². The Morgan fingerprint density at radius 2 is 1.89 bits per heavy atom. The third-order valence-corrected chi connectivity index (χ3v) is 5.13. The second kappa shape index (κ2) is 5.34. The van der Waals surface area contributed by atoms with Gasteiger partial charge in [-0.05, 0) is 51.4 Å². The minimum Gasteiger partial charge on any atom is -0.381 e. The summed E-state index contributed by atoms with van der Waals surface area (Å²) in [4.78, 5) is 2.67. The predicted molar refractivity (Wildman–Crippen MR) is 76.3 cm³/mol. The number of hydrogen-bond donors (Lipinski definition) is 0. The Hall–Kier alpha value is -0.120. The first-order chi connectivity index (χ1) is 9.12. The molecule has 3 heteroatoms. The number of likely N-dealkylation sites (tertiary alicyclic amines) is 1. The van der Waals surface area contributed by atoms with Gasteiger partial charge in [0, 0.05) is 38.3 Å². The van der Waals surface area contributed by atoms with E-state index in [1.165, 1.54) is 51.7 Å². The lowest BCUT2D eigenvalue weighted by molar-refractivity contribution is -0.0437. The van der Waals surface area contributed by atoms with Crippen molar-refractivity contribution in [3.05, 3.63) is 0 Å². The highest BCUT2D eigenvalue weighted by molar-refractivity contribution is 5.02. The highest BCUT2D eigenvalue weighted by atomic mass is 16.5. The molecule has 1 aliphatic carbocycles. The number of rotatable bonds is 5. The quantitative estimate of drug-likeness (QED) is 0.764. The molecule has 0 aromatic heterocycles. The molecule has 3 aliphatic rings. The van der Waals surface area contributed by atoms with E-state index in [4.69, 9.17) is 9.47 Å². The third kappa shape index (κ3) is 3.32. The normalized spacial score (nSPS) is 29.2. The van der Waals surface area contributed by atoms with Crippen molar-refractivity contribution in [3.8, 4) is 0 Å². The van der Waals surface area contributed by atoms with Gasteiger partial charge in [-0.2, -0.15) is 0 Å². The van der Waals surface area contributed by atoms with Crippen LogP contribution in [0.3, 0.4) is 0 Å². The summed E-state index contributed by atoms with van der Waals surface area (Å²) in [5.74, 6) is 0. The molecule has 2 saturated heterocycles. The first-order valence-corrected chi connectivity index (χ1v) is 8.03. The highest BCUT2D eigenvalue weighted by Crippen LogP contribution is 2.50. The fourth-order valence-corrected chi connectivity index (χ4v) is 3.74. The Morgan fingerprint density at radius 3 is 2.58 bits per heavy atom. The summed E-state index contributed by atoms with van der Waals surface area (Å²) < 4.78 is 11.4. The molecule has 2 aliphatic heterocycles. The van der Waals surface area contributed by atoms with Crippen molar-refractivity contribution in [1.82, 2.24) is 4.90 Å². The lowest BCUT2D eigenvalue weighted by atomic mass is 9.73. The van der Waals surface area contributed by atoms with Crippen molar-refractivity contribution < 1.29 is 9.47 Å². The molecular weight excluding hydrogens is 238 g/mol. The molecule has 0 N–H and O–H groups in total. The molecule has 3 nitrogen and oxygen atoms in total. The molecule has 0 aromatic carbocycles. The van der Waals surface area contributed by atoms with Crippen LogP contribution in [0.5, 0.6) is 0 Å². The van der Waals surface area contributed by atoms with Crippen LogP contribution < -0.4 is 0 Å². The molecule has 0 bridgehead atoms. The van der Waals surface area contributed by atoms with E-state index < -0.39 is 0 Å². The van der Waals surface area contributed by atoms with Gasteiger partial charge in [0.05, 0.1) is 12.7 Å². The van der Waals surface area contributed by atoms with Gasteiger partial charge < -0.3 is 14.4 Å². The van der Waals surface area contributed by atoms with Crippen LogP contribution in [0.1, 0.15) is 46.0 Å². The Morgan fingerprint density at radius 1 is 1.11 bits per heavy atom. The zero-order valence-corrected chi connectivity index (χ0v) is 12.6. The van der Waals surface area contributed by atoms with E-state index >= 15 is 0 Å². The summed E-state index contributed by atoms with van der Waals surface area (Å²) >= 11 is 0. The van der Waals surface area contributed by atoms with Crippen LogP contribution in [0.25, 0.3) is 0 Å². The molecule has 1 spiro atoms. The van der Waals surface area contributed by atoms with E-state index in [9.17, 15) is 0 Å². The second-order valence-corrected chi connectivity index (χ2v) is 7.47. The molecule has 110 valence electrons. The average Bonchev–Trinajstić information content (AvgIpc) is 3.10. The maximum Gasteiger partial charge on any atom is 0.0538 e. The molecule has 19 heavy (non-hydrogen) atoms. The summed E-state index contributed by atoms with van der Waals surface area (Å²) in [6.07, 6.45) is 7.02. The summed E-state index contributed by atoms with van der Waals surface area (Å²) in [5.41, 5.74) is 1.11. The van der Waals surface area contributed by atoms with E-state index in [2.05, 4.69) is 18.7 Å². The average molecular weight is 267 g/mol. The molecular formula is C16H29NO2. The van der Waals surface area contributed by atoms with Gasteiger partial charge in [0.2, 0.25) is 0 Å². The van der Waals surface area contributed by atoms with Crippen LogP contribution in [0.2, 0.25) is 0 Å². The second-order valence-electron chi connectivity index (χ2n) is 7.47. The fourth-order valence-electron chi connectivity index (χ4n) is 3.74. The molecule has 0 unspecified atom stereocenters. The molecule has 0 atom stereocenters. The van der Waals surface area contributed by atoms with Crippen LogP contribution >= 0.6 is 0 Å². The Balaban J connectivity index is 1.43. The standard InChI is InChI=1S/C16H29NO2/c1-14(2)19-13-16(5-6-16)12-17-10-15(11-17)4-3-8-18-9-7-15/h14H,3-13H2,1-2H3. The minimum atomic E-state index is 0.374. The van der Waals surface area contributed by atoms with Gasteiger partial charge in [0.1, 0.15) is 0 Å². The number of ether oxygens (including phenoxy) is 2. The molecule has 0 aromatic rings. The van der Waals surface area contributed by atoms with E-state index in [1.54, 1.807) is 0 Å². The van der Waals surface area contributed by atoms with E-state index in [1.807, 2.05) is 0 Å². The zero-order chi connectivity index (χ0) is 13.3. The molecule has 0 radical (unpaired) electrons. The molecule has 3 rings (SSSR count). The van der Waals surface area contributed by atoms with E-state index in [-0.39, 0.29) is 0 Å². The molecule has 3 fully saturated rings. The minimum absolute atomic E-state index is 0.374. The summed E-state index contributed by atoms with van der Waals surface area (Å²) in [6, 6.07) is 0. The van der Waals surface area contributed by atoms with Crippen molar-refractivity contribution in [2.24, 2.45) is 10.8 Å². The molecule has 2 heterocycles. The van der Waals surface area contributed by atoms with E-state index in [0.717, 1.165) is 19.8 Å². The molecule has 0 amide bonds. The van der Waals surface area contributed by atoms with Gasteiger partial charge in [0.25, 0.3) is 0 Å². The summed E-state index contributed by atoms with van der Waals surface area (Å²) in [6.45, 7) is 11.1. The topological polar surface area (TPSA) is 21.7 Å². The van der Waals surface area contributed by atoms with Crippen molar-refractivity contribution in [1.29, 1.82) is 0 Å². The lowest BCUT2D eigenvalue weighted by Crippen LogP contribution is -2.58. The van der Waals surface area contributed by atoms with Gasteiger partial charge in [0.15, 0.2) is 0 Å². The Bertz CT molecular complexity index is 296. The van der Waals surface area contributed by atoms with Gasteiger partial charge in [-0.15, -0.1) is 0 Å². The Kier molecular flexibility index (Phi) is 3.89. The third-order valence-electron chi connectivity index (χ3n) is 5.13. The zero-order valence-electron chi connectivity index (χ0n) is 12.6. The summed E-state index contributed by atoms with van der Waals surface area (Å²) in [7, 11) is 0. The van der Waals surface area contributed by atoms with Crippen molar-refractivity contribution >= 4 is 0 Å². The van der Waals surface area contributed by atoms with Crippen LogP contribution in [-0.2, 0) is 9.47 Å². The number of nitrogens with zero attached hydrogens (tertiary/aromatic N) is 1. The van der Waals surface area contributed by atoms with E-state index in [0.29, 0.717) is 16.9 Å². The fraction of sp³-hybridized carbons (Fsp3) is 1.00. The van der Waals surface area contributed by atoms with Crippen LogP contribution in [0, 0.1) is 10.8 Å². The van der Waals surface area contributed by atoms with Crippen molar-refractivity contribution in [2.45, 2.75) is 52.1 Å². The predicted octanol–water partition coefficient (Wildman–Crippen LogP) is 2.69. The van der Waals surface area contributed by atoms with Crippen molar-refractivity contribution in [3.63, 3.8) is 0 Å². The van der Waals surface area contributed by atoms with Gasteiger partial charge in [-0.25, -0.2) is 0 Å². The largest absolute Gasteiger partial charge is 0.381 e.